The highest BCUT2D eigenvalue weighted by molar-refractivity contribution is 7.17. The van der Waals surface area contributed by atoms with Crippen LogP contribution in [0.15, 0.2) is 29.4 Å². The first-order chi connectivity index (χ1) is 14.0. The summed E-state index contributed by atoms with van der Waals surface area (Å²) in [5, 5.41) is 7.23. The van der Waals surface area contributed by atoms with Crippen molar-refractivity contribution >= 4 is 34.6 Å². The van der Waals surface area contributed by atoms with Crippen LogP contribution in [-0.4, -0.2) is 31.9 Å². The molecule has 2 aromatic rings. The summed E-state index contributed by atoms with van der Waals surface area (Å²) < 4.78 is 10.3. The smallest absolute Gasteiger partial charge is 0.341 e. The maximum Gasteiger partial charge on any atom is 0.341 e. The first kappa shape index (κ1) is 20.9. The van der Waals surface area contributed by atoms with E-state index in [1.807, 2.05) is 24.3 Å². The number of ether oxygens (including phenoxy) is 2. The quantitative estimate of drug-likeness (QED) is 0.420. The highest BCUT2D eigenvalue weighted by Crippen LogP contribution is 2.40. The second-order valence-electron chi connectivity index (χ2n) is 6.87. The number of hydrogen-bond acceptors (Lipinski definition) is 6. The third kappa shape index (κ3) is 5.14. The van der Waals surface area contributed by atoms with E-state index >= 15 is 0 Å². The van der Waals surface area contributed by atoms with Gasteiger partial charge in [-0.1, -0.05) is 6.92 Å². The summed E-state index contributed by atoms with van der Waals surface area (Å²) in [6, 6.07) is 6.77. The number of carbonyl (C=O) groups is 2. The van der Waals surface area contributed by atoms with Crippen molar-refractivity contribution in [1.82, 2.24) is 5.43 Å². The molecule has 0 spiro atoms. The Morgan fingerprint density at radius 1 is 1.31 bits per heavy atom. The molecule has 1 unspecified atom stereocenters. The van der Waals surface area contributed by atoms with Crippen LogP contribution in [0.1, 0.15) is 46.6 Å². The fourth-order valence-electron chi connectivity index (χ4n) is 3.24. The van der Waals surface area contributed by atoms with Gasteiger partial charge >= 0.3 is 12.0 Å². The van der Waals surface area contributed by atoms with E-state index in [9.17, 15) is 9.59 Å². The molecular formula is C21H25N3O4S. The van der Waals surface area contributed by atoms with Crippen LogP contribution in [0, 0.1) is 5.92 Å². The van der Waals surface area contributed by atoms with Gasteiger partial charge in [0.15, 0.2) is 0 Å². The van der Waals surface area contributed by atoms with Crippen molar-refractivity contribution in [3.63, 3.8) is 0 Å². The molecule has 0 bridgehead atoms. The number of benzene rings is 1. The summed E-state index contributed by atoms with van der Waals surface area (Å²) in [4.78, 5) is 25.9. The van der Waals surface area contributed by atoms with Crippen molar-refractivity contribution < 1.29 is 19.1 Å². The first-order valence-corrected chi connectivity index (χ1v) is 10.4. The van der Waals surface area contributed by atoms with Gasteiger partial charge in [0, 0.05) is 4.88 Å². The van der Waals surface area contributed by atoms with Crippen molar-refractivity contribution in [1.29, 1.82) is 0 Å². The fraction of sp³-hybridized carbons (Fsp3) is 0.381. The fourth-order valence-corrected chi connectivity index (χ4v) is 4.64. The number of hydrogen-bond donors (Lipinski definition) is 2. The lowest BCUT2D eigenvalue weighted by atomic mass is 9.88. The Morgan fingerprint density at radius 3 is 2.76 bits per heavy atom. The Kier molecular flexibility index (Phi) is 6.87. The minimum absolute atomic E-state index is 0.289. The van der Waals surface area contributed by atoms with Crippen LogP contribution >= 0.6 is 11.3 Å². The van der Waals surface area contributed by atoms with E-state index in [4.69, 9.17) is 9.47 Å². The number of nitrogens with one attached hydrogen (secondary N) is 2. The molecule has 0 fully saturated rings. The minimum Gasteiger partial charge on any atom is -0.497 e. The van der Waals surface area contributed by atoms with Gasteiger partial charge in [-0.05, 0) is 67.5 Å². The van der Waals surface area contributed by atoms with Crippen molar-refractivity contribution in [3.8, 4) is 5.75 Å². The zero-order valence-corrected chi connectivity index (χ0v) is 17.6. The molecule has 2 N–H and O–H groups in total. The number of esters is 1. The lowest BCUT2D eigenvalue weighted by molar-refractivity contribution is 0.0526. The van der Waals surface area contributed by atoms with Gasteiger partial charge in [-0.25, -0.2) is 15.0 Å². The Bertz CT molecular complexity index is 905. The number of nitrogens with zero attached hydrogens (tertiary/aromatic N) is 1. The number of amides is 2. The van der Waals surface area contributed by atoms with E-state index in [2.05, 4.69) is 22.8 Å². The van der Waals surface area contributed by atoms with E-state index in [1.54, 1.807) is 14.0 Å². The first-order valence-electron chi connectivity index (χ1n) is 9.57. The topological polar surface area (TPSA) is 89.0 Å². The number of carbonyl (C=O) groups excluding carboxylic acids is 2. The van der Waals surface area contributed by atoms with Crippen LogP contribution in [0.2, 0.25) is 0 Å². The normalized spacial score (nSPS) is 15.6. The molecule has 0 saturated carbocycles. The van der Waals surface area contributed by atoms with Crippen LogP contribution in [0.3, 0.4) is 0 Å². The molecule has 1 atom stereocenters. The second-order valence-corrected chi connectivity index (χ2v) is 7.98. The SMILES string of the molecule is CCOC(=O)c1c(NC(=O)N/N=C/c2ccc(OC)cc2)sc2c1CCC(C)C2. The van der Waals surface area contributed by atoms with E-state index in [0.717, 1.165) is 41.0 Å². The number of fused-ring (bicyclic) bond motifs is 1. The largest absolute Gasteiger partial charge is 0.497 e. The number of thiophene rings is 1. The molecule has 1 heterocycles. The molecule has 0 saturated heterocycles. The van der Waals surface area contributed by atoms with Crippen molar-refractivity contribution in [2.45, 2.75) is 33.1 Å². The Morgan fingerprint density at radius 2 is 2.07 bits per heavy atom. The van der Waals surface area contributed by atoms with Gasteiger partial charge < -0.3 is 9.47 Å². The molecule has 2 amide bonds. The summed E-state index contributed by atoms with van der Waals surface area (Å²) in [5.41, 5.74) is 4.74. The maximum absolute atomic E-state index is 12.5. The molecule has 1 aromatic carbocycles. The van der Waals surface area contributed by atoms with Crippen LogP contribution in [0.5, 0.6) is 5.75 Å². The molecule has 3 rings (SSSR count). The zero-order valence-electron chi connectivity index (χ0n) is 16.8. The molecule has 7 nitrogen and oxygen atoms in total. The highest BCUT2D eigenvalue weighted by atomic mass is 32.1. The molecule has 1 aliphatic carbocycles. The zero-order chi connectivity index (χ0) is 20.8. The molecular weight excluding hydrogens is 390 g/mol. The third-order valence-corrected chi connectivity index (χ3v) is 5.88. The predicted octanol–water partition coefficient (Wildman–Crippen LogP) is 4.21. The van der Waals surface area contributed by atoms with Crippen LogP contribution in [0.25, 0.3) is 0 Å². The van der Waals surface area contributed by atoms with Crippen LogP contribution in [0.4, 0.5) is 9.80 Å². The molecule has 0 radical (unpaired) electrons. The average molecular weight is 416 g/mol. The summed E-state index contributed by atoms with van der Waals surface area (Å²) >= 11 is 1.44. The van der Waals surface area contributed by atoms with Gasteiger partial charge in [0.25, 0.3) is 0 Å². The van der Waals surface area contributed by atoms with E-state index in [0.29, 0.717) is 16.5 Å². The Balaban J connectivity index is 1.70. The molecule has 1 aliphatic rings. The van der Waals surface area contributed by atoms with E-state index in [1.165, 1.54) is 17.6 Å². The van der Waals surface area contributed by atoms with Crippen molar-refractivity contribution in [2.24, 2.45) is 11.0 Å². The van der Waals surface area contributed by atoms with Gasteiger partial charge in [-0.3, -0.25) is 5.32 Å². The van der Waals surface area contributed by atoms with Gasteiger partial charge in [0.2, 0.25) is 0 Å². The number of hydrazone groups is 1. The molecule has 0 aliphatic heterocycles. The summed E-state index contributed by atoms with van der Waals surface area (Å²) in [5.74, 6) is 0.916. The lowest BCUT2D eigenvalue weighted by Crippen LogP contribution is -2.25. The number of urea groups is 1. The average Bonchev–Trinajstić information content (AvgIpc) is 3.05. The number of methoxy groups -OCH3 is 1. The lowest BCUT2D eigenvalue weighted by Gasteiger charge is -2.18. The predicted molar refractivity (Wildman–Crippen MR) is 114 cm³/mol. The Labute approximate surface area is 174 Å². The van der Waals surface area contributed by atoms with E-state index in [-0.39, 0.29) is 6.61 Å². The van der Waals surface area contributed by atoms with Gasteiger partial charge in [-0.2, -0.15) is 5.10 Å². The monoisotopic (exact) mass is 415 g/mol. The Hall–Kier alpha value is -2.87. The second kappa shape index (κ2) is 9.56. The summed E-state index contributed by atoms with van der Waals surface area (Å²) in [6.45, 7) is 4.25. The van der Waals surface area contributed by atoms with Crippen LogP contribution in [-0.2, 0) is 17.6 Å². The molecule has 29 heavy (non-hydrogen) atoms. The maximum atomic E-state index is 12.5. The number of anilines is 1. The summed E-state index contributed by atoms with van der Waals surface area (Å²) in [6.07, 6.45) is 4.28. The standard InChI is InChI=1S/C21H25N3O4S/c1-4-28-20(25)18-16-10-5-13(2)11-17(16)29-19(18)23-21(26)24-22-12-14-6-8-15(27-3)9-7-14/h6-9,12-13H,4-5,10-11H2,1-3H3,(H2,23,24,26)/b22-12+. The summed E-state index contributed by atoms with van der Waals surface area (Å²) in [7, 11) is 1.60. The van der Waals surface area contributed by atoms with Gasteiger partial charge in [-0.15, -0.1) is 11.3 Å². The number of rotatable bonds is 6. The van der Waals surface area contributed by atoms with Gasteiger partial charge in [0.1, 0.15) is 10.8 Å². The third-order valence-electron chi connectivity index (χ3n) is 4.71. The highest BCUT2D eigenvalue weighted by Gasteiger charge is 2.29. The molecule has 1 aromatic heterocycles. The van der Waals surface area contributed by atoms with Crippen molar-refractivity contribution in [3.05, 3.63) is 45.8 Å². The minimum atomic E-state index is -0.507. The molecule has 154 valence electrons. The molecule has 8 heteroatoms. The van der Waals surface area contributed by atoms with Gasteiger partial charge in [0.05, 0.1) is 25.5 Å². The van der Waals surface area contributed by atoms with E-state index < -0.39 is 12.0 Å². The van der Waals surface area contributed by atoms with Crippen LogP contribution < -0.4 is 15.5 Å². The van der Waals surface area contributed by atoms with Crippen molar-refractivity contribution in [2.75, 3.05) is 19.0 Å².